The molecule has 2 unspecified atom stereocenters. The van der Waals surface area contributed by atoms with E-state index in [4.69, 9.17) is 14.2 Å². The Balaban J connectivity index is 1.20. The third kappa shape index (κ3) is 4.45. The Bertz CT molecular complexity index is 914. The van der Waals surface area contributed by atoms with Crippen molar-refractivity contribution in [2.75, 3.05) is 20.4 Å². The Labute approximate surface area is 169 Å². The van der Waals surface area contributed by atoms with Gasteiger partial charge in [-0.3, -0.25) is 9.59 Å². The zero-order chi connectivity index (χ0) is 20.2. The normalized spacial score (nSPS) is 18.8. The molecule has 29 heavy (non-hydrogen) atoms. The highest BCUT2D eigenvalue weighted by atomic mass is 16.7. The van der Waals surface area contributed by atoms with Crippen molar-refractivity contribution < 1.29 is 23.8 Å². The van der Waals surface area contributed by atoms with Gasteiger partial charge in [-0.2, -0.15) is 0 Å². The summed E-state index contributed by atoms with van der Waals surface area (Å²) in [5, 5.41) is 5.83. The summed E-state index contributed by atoms with van der Waals surface area (Å²) >= 11 is 0. The van der Waals surface area contributed by atoms with Crippen LogP contribution in [0.15, 0.2) is 42.5 Å². The molecule has 1 aliphatic carbocycles. The minimum absolute atomic E-state index is 0.0665. The van der Waals surface area contributed by atoms with E-state index in [0.717, 1.165) is 16.9 Å². The van der Waals surface area contributed by atoms with Gasteiger partial charge in [-0.15, -0.1) is 0 Å². The summed E-state index contributed by atoms with van der Waals surface area (Å²) in [4.78, 5) is 24.7. The highest BCUT2D eigenvalue weighted by Crippen LogP contribution is 2.39. The van der Waals surface area contributed by atoms with Crippen LogP contribution in [-0.2, 0) is 22.6 Å². The molecule has 1 fully saturated rings. The van der Waals surface area contributed by atoms with Crippen molar-refractivity contribution in [1.82, 2.24) is 10.6 Å². The second-order valence-corrected chi connectivity index (χ2v) is 7.21. The molecule has 7 heteroatoms. The zero-order valence-corrected chi connectivity index (χ0v) is 16.3. The van der Waals surface area contributed by atoms with Gasteiger partial charge in [-0.05, 0) is 42.2 Å². The monoisotopic (exact) mass is 396 g/mol. The van der Waals surface area contributed by atoms with Gasteiger partial charge in [0.15, 0.2) is 11.5 Å². The van der Waals surface area contributed by atoms with Crippen LogP contribution in [0.25, 0.3) is 0 Å². The number of methoxy groups -OCH3 is 1. The number of carbonyl (C=O) groups excluding carboxylic acids is 2. The number of hydrogen-bond donors (Lipinski definition) is 2. The van der Waals surface area contributed by atoms with Gasteiger partial charge in [-0.1, -0.05) is 24.3 Å². The number of nitrogens with one attached hydrogen (secondary N) is 2. The zero-order valence-electron chi connectivity index (χ0n) is 16.3. The van der Waals surface area contributed by atoms with E-state index in [1.165, 1.54) is 0 Å². The van der Waals surface area contributed by atoms with Crippen LogP contribution < -0.4 is 24.8 Å². The molecule has 7 nitrogen and oxygen atoms in total. The molecular weight excluding hydrogens is 372 g/mol. The summed E-state index contributed by atoms with van der Waals surface area (Å²) in [6.45, 7) is 1.14. The van der Waals surface area contributed by atoms with Crippen molar-refractivity contribution in [3.63, 3.8) is 0 Å². The number of carbonyl (C=O) groups is 2. The Hall–Kier alpha value is -3.22. The molecule has 1 heterocycles. The largest absolute Gasteiger partial charge is 0.496 e. The number of benzene rings is 2. The lowest BCUT2D eigenvalue weighted by atomic mass is 10.1. The average Bonchev–Trinajstić information content (AvgIpc) is 3.42. The number of rotatable bonds is 8. The van der Waals surface area contributed by atoms with Crippen LogP contribution in [-0.4, -0.2) is 32.3 Å². The first-order chi connectivity index (χ1) is 14.2. The predicted octanol–water partition coefficient (Wildman–Crippen LogP) is 2.04. The van der Waals surface area contributed by atoms with E-state index in [9.17, 15) is 9.59 Å². The molecule has 1 aliphatic heterocycles. The average molecular weight is 396 g/mol. The van der Waals surface area contributed by atoms with Crippen LogP contribution in [0.2, 0.25) is 0 Å². The van der Waals surface area contributed by atoms with Crippen molar-refractivity contribution in [3.8, 4) is 17.2 Å². The summed E-state index contributed by atoms with van der Waals surface area (Å²) < 4.78 is 15.9. The van der Waals surface area contributed by atoms with Crippen LogP contribution in [0.4, 0.5) is 0 Å². The fraction of sp³-hybridized carbons (Fsp3) is 0.364. The van der Waals surface area contributed by atoms with E-state index < -0.39 is 0 Å². The second-order valence-electron chi connectivity index (χ2n) is 7.21. The fourth-order valence-corrected chi connectivity index (χ4v) is 3.51. The number of fused-ring (bicyclic) bond motifs is 1. The maximum atomic E-state index is 12.3. The standard InChI is InChI=1S/C22H24N2O5/c1-27-18-5-3-2-4-15(18)8-9-23-21(25)16-11-17(16)22(26)24-12-14-6-7-19-20(10-14)29-13-28-19/h2-7,10,16-17H,8-9,11-13H2,1H3,(H,23,25)(H,24,26). The van der Waals surface area contributed by atoms with Gasteiger partial charge in [0.2, 0.25) is 18.6 Å². The van der Waals surface area contributed by atoms with Gasteiger partial charge in [0.1, 0.15) is 5.75 Å². The molecular formula is C22H24N2O5. The highest BCUT2D eigenvalue weighted by Gasteiger charge is 2.47. The molecule has 0 saturated heterocycles. The van der Waals surface area contributed by atoms with Gasteiger partial charge in [0, 0.05) is 13.1 Å². The number of hydrogen-bond acceptors (Lipinski definition) is 5. The predicted molar refractivity (Wildman–Crippen MR) is 106 cm³/mol. The third-order valence-corrected chi connectivity index (χ3v) is 5.25. The smallest absolute Gasteiger partial charge is 0.231 e. The summed E-state index contributed by atoms with van der Waals surface area (Å²) in [7, 11) is 1.63. The SMILES string of the molecule is COc1ccccc1CCNC(=O)C1CC1C(=O)NCc1ccc2c(c1)OCO2. The molecule has 4 rings (SSSR count). The molecule has 2 amide bonds. The van der Waals surface area contributed by atoms with E-state index >= 15 is 0 Å². The molecule has 2 aromatic carbocycles. The topological polar surface area (TPSA) is 85.9 Å². The van der Waals surface area contributed by atoms with Crippen LogP contribution in [0.1, 0.15) is 17.5 Å². The van der Waals surface area contributed by atoms with Crippen molar-refractivity contribution in [1.29, 1.82) is 0 Å². The fourth-order valence-electron chi connectivity index (χ4n) is 3.51. The summed E-state index contributed by atoms with van der Waals surface area (Å²) in [6.07, 6.45) is 1.27. The van der Waals surface area contributed by atoms with Crippen LogP contribution in [0, 0.1) is 11.8 Å². The lowest BCUT2D eigenvalue weighted by Crippen LogP contribution is -2.31. The van der Waals surface area contributed by atoms with Gasteiger partial charge in [-0.25, -0.2) is 0 Å². The van der Waals surface area contributed by atoms with E-state index in [-0.39, 0.29) is 30.4 Å². The van der Waals surface area contributed by atoms with Crippen molar-refractivity contribution in [3.05, 3.63) is 53.6 Å². The van der Waals surface area contributed by atoms with Gasteiger partial charge < -0.3 is 24.8 Å². The summed E-state index contributed by atoms with van der Waals surface area (Å²) in [5.41, 5.74) is 1.98. The first-order valence-electron chi connectivity index (χ1n) is 9.71. The number of para-hydroxylation sites is 1. The summed E-state index contributed by atoms with van der Waals surface area (Å²) in [6, 6.07) is 13.3. The lowest BCUT2D eigenvalue weighted by molar-refractivity contribution is -0.127. The summed E-state index contributed by atoms with van der Waals surface area (Å²) in [5.74, 6) is 1.56. The maximum absolute atomic E-state index is 12.3. The van der Waals surface area contributed by atoms with E-state index in [1.54, 1.807) is 7.11 Å². The Morgan fingerprint density at radius 3 is 2.62 bits per heavy atom. The maximum Gasteiger partial charge on any atom is 0.231 e. The molecule has 2 atom stereocenters. The quantitative estimate of drug-likeness (QED) is 0.713. The number of amides is 2. The minimum Gasteiger partial charge on any atom is -0.496 e. The highest BCUT2D eigenvalue weighted by molar-refractivity contribution is 5.92. The third-order valence-electron chi connectivity index (χ3n) is 5.25. The van der Waals surface area contributed by atoms with Crippen molar-refractivity contribution in [2.24, 2.45) is 11.8 Å². The molecule has 2 N–H and O–H groups in total. The Morgan fingerprint density at radius 1 is 1.03 bits per heavy atom. The first kappa shape index (κ1) is 19.1. The van der Waals surface area contributed by atoms with Crippen LogP contribution in [0.5, 0.6) is 17.2 Å². The number of ether oxygens (including phenoxy) is 3. The molecule has 0 aromatic heterocycles. The van der Waals surface area contributed by atoms with E-state index in [0.29, 0.717) is 37.4 Å². The molecule has 0 spiro atoms. The van der Waals surface area contributed by atoms with E-state index in [2.05, 4.69) is 10.6 Å². The van der Waals surface area contributed by atoms with E-state index in [1.807, 2.05) is 42.5 Å². The van der Waals surface area contributed by atoms with Gasteiger partial charge >= 0.3 is 0 Å². The van der Waals surface area contributed by atoms with Crippen molar-refractivity contribution in [2.45, 2.75) is 19.4 Å². The molecule has 152 valence electrons. The molecule has 0 bridgehead atoms. The molecule has 0 radical (unpaired) electrons. The van der Waals surface area contributed by atoms with Crippen molar-refractivity contribution >= 4 is 11.8 Å². The van der Waals surface area contributed by atoms with Crippen LogP contribution >= 0.6 is 0 Å². The second kappa shape index (κ2) is 8.43. The molecule has 2 aliphatic rings. The molecule has 2 aromatic rings. The minimum atomic E-state index is -0.254. The van der Waals surface area contributed by atoms with Crippen LogP contribution in [0.3, 0.4) is 0 Å². The Kier molecular flexibility index (Phi) is 5.55. The lowest BCUT2D eigenvalue weighted by Gasteiger charge is -2.09. The first-order valence-corrected chi connectivity index (χ1v) is 9.71. The Morgan fingerprint density at radius 2 is 1.79 bits per heavy atom. The van der Waals surface area contributed by atoms with Gasteiger partial charge in [0.25, 0.3) is 0 Å². The molecule has 1 saturated carbocycles. The van der Waals surface area contributed by atoms with Gasteiger partial charge in [0.05, 0.1) is 18.9 Å².